The van der Waals surface area contributed by atoms with Crippen molar-refractivity contribution in [2.45, 2.75) is 70.1 Å². The summed E-state index contributed by atoms with van der Waals surface area (Å²) in [7, 11) is 0. The molecule has 4 aliphatic carbocycles. The Bertz CT molecular complexity index is 791. The summed E-state index contributed by atoms with van der Waals surface area (Å²) < 4.78 is 11.0. The van der Waals surface area contributed by atoms with Crippen molar-refractivity contribution in [1.29, 1.82) is 5.26 Å². The van der Waals surface area contributed by atoms with Gasteiger partial charge in [-0.15, -0.1) is 0 Å². The molecule has 1 aromatic rings. The number of amides is 1. The van der Waals surface area contributed by atoms with Crippen LogP contribution in [0.25, 0.3) is 0 Å². The van der Waals surface area contributed by atoms with Crippen molar-refractivity contribution in [3.05, 3.63) is 29.8 Å². The first-order valence-electron chi connectivity index (χ1n) is 10.5. The van der Waals surface area contributed by atoms with Crippen LogP contribution in [0.15, 0.2) is 24.3 Å². The Morgan fingerprint density at radius 3 is 2.10 bits per heavy atom. The summed E-state index contributed by atoms with van der Waals surface area (Å²) in [6, 6.07) is 8.53. The van der Waals surface area contributed by atoms with Gasteiger partial charge in [-0.2, -0.15) is 5.26 Å². The fourth-order valence-corrected chi connectivity index (χ4v) is 5.81. The minimum Gasteiger partial charge on any atom is -0.479 e. The molecule has 6 heteroatoms. The highest BCUT2D eigenvalue weighted by molar-refractivity contribution is 5.85. The predicted octanol–water partition coefficient (Wildman–Crippen LogP) is 3.34. The molecule has 29 heavy (non-hydrogen) atoms. The molecule has 4 fully saturated rings. The third-order valence-electron chi connectivity index (χ3n) is 6.72. The lowest BCUT2D eigenvalue weighted by Crippen LogP contribution is -2.61. The lowest BCUT2D eigenvalue weighted by Gasteiger charge is -2.57. The van der Waals surface area contributed by atoms with Crippen LogP contribution in [0.5, 0.6) is 5.75 Å². The number of ether oxygens (including phenoxy) is 2. The number of nitriles is 1. The summed E-state index contributed by atoms with van der Waals surface area (Å²) in [5, 5.41) is 12.1. The molecule has 0 aromatic heterocycles. The first-order valence-corrected chi connectivity index (χ1v) is 10.5. The largest absolute Gasteiger partial charge is 0.479 e. The van der Waals surface area contributed by atoms with Gasteiger partial charge in [0.25, 0.3) is 5.91 Å². The molecule has 4 aliphatic rings. The smallest absolute Gasteiger partial charge is 0.347 e. The van der Waals surface area contributed by atoms with Gasteiger partial charge in [0.2, 0.25) is 0 Å². The molecule has 5 rings (SSSR count). The fraction of sp³-hybridized carbons (Fsp3) is 0.609. The fourth-order valence-electron chi connectivity index (χ4n) is 5.81. The van der Waals surface area contributed by atoms with E-state index in [-0.39, 0.29) is 11.4 Å². The number of esters is 1. The van der Waals surface area contributed by atoms with Crippen LogP contribution < -0.4 is 10.1 Å². The first-order chi connectivity index (χ1) is 13.9. The quantitative estimate of drug-likeness (QED) is 0.745. The molecule has 6 nitrogen and oxygen atoms in total. The van der Waals surface area contributed by atoms with Crippen LogP contribution in [-0.4, -0.2) is 29.6 Å². The van der Waals surface area contributed by atoms with E-state index in [4.69, 9.17) is 14.7 Å². The van der Waals surface area contributed by atoms with Gasteiger partial charge < -0.3 is 14.8 Å². The molecule has 154 valence electrons. The van der Waals surface area contributed by atoms with Crippen LogP contribution in [0.2, 0.25) is 0 Å². The van der Waals surface area contributed by atoms with Crippen molar-refractivity contribution in [1.82, 2.24) is 5.32 Å². The van der Waals surface area contributed by atoms with Crippen molar-refractivity contribution in [3.63, 3.8) is 0 Å². The van der Waals surface area contributed by atoms with Gasteiger partial charge in [-0.1, -0.05) is 0 Å². The van der Waals surface area contributed by atoms with Crippen LogP contribution in [0.4, 0.5) is 0 Å². The highest BCUT2D eigenvalue weighted by Gasteiger charge is 2.51. The number of benzene rings is 1. The van der Waals surface area contributed by atoms with E-state index >= 15 is 0 Å². The normalized spacial score (nSPS) is 31.4. The average molecular weight is 396 g/mol. The van der Waals surface area contributed by atoms with Gasteiger partial charge in [-0.3, -0.25) is 4.79 Å². The molecule has 0 aliphatic heterocycles. The Kier molecular flexibility index (Phi) is 5.24. The number of rotatable bonds is 6. The van der Waals surface area contributed by atoms with E-state index in [1.807, 2.05) is 6.07 Å². The number of carbonyl (C=O) groups excluding carboxylic acids is 2. The van der Waals surface area contributed by atoms with E-state index in [2.05, 4.69) is 5.32 Å². The van der Waals surface area contributed by atoms with Crippen molar-refractivity contribution >= 4 is 11.9 Å². The van der Waals surface area contributed by atoms with E-state index in [1.165, 1.54) is 19.3 Å². The predicted molar refractivity (Wildman–Crippen MR) is 106 cm³/mol. The molecule has 0 saturated heterocycles. The lowest BCUT2D eigenvalue weighted by molar-refractivity contribution is -0.162. The van der Waals surface area contributed by atoms with Crippen LogP contribution >= 0.6 is 0 Å². The van der Waals surface area contributed by atoms with E-state index in [1.54, 1.807) is 38.1 Å². The second-order valence-electron chi connectivity index (χ2n) is 9.16. The molecule has 0 heterocycles. The van der Waals surface area contributed by atoms with Crippen LogP contribution in [0.1, 0.15) is 57.9 Å². The molecule has 4 bridgehead atoms. The minimum atomic E-state index is -0.859. The number of hydrogen-bond donors (Lipinski definition) is 1. The van der Waals surface area contributed by atoms with Crippen molar-refractivity contribution in [2.24, 2.45) is 17.8 Å². The Hall–Kier alpha value is -2.55. The molecule has 0 radical (unpaired) electrons. The van der Waals surface area contributed by atoms with Gasteiger partial charge in [0.05, 0.1) is 11.6 Å². The van der Waals surface area contributed by atoms with E-state index in [9.17, 15) is 9.59 Å². The minimum absolute atomic E-state index is 0.100. The zero-order valence-corrected chi connectivity index (χ0v) is 17.0. The summed E-state index contributed by atoms with van der Waals surface area (Å²) in [6.07, 6.45) is 5.40. The monoisotopic (exact) mass is 396 g/mol. The van der Waals surface area contributed by atoms with Crippen molar-refractivity contribution in [2.75, 3.05) is 0 Å². The van der Waals surface area contributed by atoms with Crippen molar-refractivity contribution in [3.8, 4) is 11.8 Å². The highest BCUT2D eigenvalue weighted by atomic mass is 16.6. The maximum Gasteiger partial charge on any atom is 0.347 e. The topological polar surface area (TPSA) is 88.4 Å². The summed E-state index contributed by atoms with van der Waals surface area (Å²) in [5.74, 6) is 1.88. The molecule has 1 N–H and O–H groups in total. The van der Waals surface area contributed by atoms with E-state index in [0.29, 0.717) is 11.3 Å². The summed E-state index contributed by atoms with van der Waals surface area (Å²) in [5.41, 5.74) is 0.416. The maximum atomic E-state index is 12.8. The van der Waals surface area contributed by atoms with Gasteiger partial charge >= 0.3 is 5.97 Å². The summed E-state index contributed by atoms with van der Waals surface area (Å²) >= 11 is 0. The zero-order valence-electron chi connectivity index (χ0n) is 17.0. The van der Waals surface area contributed by atoms with E-state index < -0.39 is 18.2 Å². The molecular weight excluding hydrogens is 368 g/mol. The molecule has 4 saturated carbocycles. The Morgan fingerprint density at radius 2 is 1.59 bits per heavy atom. The van der Waals surface area contributed by atoms with Gasteiger partial charge in [-0.25, -0.2) is 4.79 Å². The van der Waals surface area contributed by atoms with Crippen LogP contribution in [0.3, 0.4) is 0 Å². The molecule has 2 atom stereocenters. The van der Waals surface area contributed by atoms with Crippen molar-refractivity contribution < 1.29 is 19.1 Å². The summed E-state index contributed by atoms with van der Waals surface area (Å²) in [4.78, 5) is 25.1. The van der Waals surface area contributed by atoms with Crippen LogP contribution in [0, 0.1) is 29.1 Å². The Balaban J connectivity index is 1.30. The number of nitrogens with zero attached hydrogens (tertiary/aromatic N) is 1. The standard InChI is InChI=1S/C23H28N2O4/c1-14(29-22(27)15(2)28-20-5-3-16(13-24)4-6-20)21(26)25-23-10-17-7-18(11-23)9-19(8-17)12-23/h3-6,14-15,17-19H,7-12H2,1-2H3,(H,25,26)/t14-,15+,17?,18?,19?,23?/m1/s1. The highest BCUT2D eigenvalue weighted by Crippen LogP contribution is 2.55. The zero-order chi connectivity index (χ0) is 20.6. The third kappa shape index (κ3) is 4.24. The lowest BCUT2D eigenvalue weighted by atomic mass is 9.53. The van der Waals surface area contributed by atoms with Crippen LogP contribution in [-0.2, 0) is 14.3 Å². The van der Waals surface area contributed by atoms with Gasteiger partial charge in [0, 0.05) is 5.54 Å². The molecule has 0 unspecified atom stereocenters. The second-order valence-corrected chi connectivity index (χ2v) is 9.16. The number of carbonyl (C=O) groups is 2. The van der Waals surface area contributed by atoms with Gasteiger partial charge in [0.15, 0.2) is 12.2 Å². The Labute approximate surface area is 171 Å². The molecule has 1 aromatic carbocycles. The average Bonchev–Trinajstić information content (AvgIpc) is 2.67. The van der Waals surface area contributed by atoms with Gasteiger partial charge in [-0.05, 0) is 94.4 Å². The number of hydrogen-bond acceptors (Lipinski definition) is 5. The Morgan fingerprint density at radius 1 is 1.03 bits per heavy atom. The summed E-state index contributed by atoms with van der Waals surface area (Å²) in [6.45, 7) is 3.20. The van der Waals surface area contributed by atoms with E-state index in [0.717, 1.165) is 37.0 Å². The maximum absolute atomic E-state index is 12.8. The molecule has 1 amide bonds. The first kappa shape index (κ1) is 19.8. The molecular formula is C23H28N2O4. The molecule has 0 spiro atoms. The third-order valence-corrected chi connectivity index (χ3v) is 6.72. The second kappa shape index (κ2) is 7.70. The van der Waals surface area contributed by atoms with Gasteiger partial charge in [0.1, 0.15) is 5.75 Å². The number of nitrogens with one attached hydrogen (secondary N) is 1. The SMILES string of the molecule is C[C@H](Oc1ccc(C#N)cc1)C(=O)O[C@H](C)C(=O)NC12CC3CC(CC(C3)C1)C2.